The first kappa shape index (κ1) is 14.6. The Kier molecular flexibility index (Phi) is 3.21. The van der Waals surface area contributed by atoms with Gasteiger partial charge >= 0.3 is 0 Å². The third kappa shape index (κ3) is 1.77. The van der Waals surface area contributed by atoms with Gasteiger partial charge in [-0.05, 0) is 0 Å². The number of nitrogens with one attached hydrogen (secondary N) is 1. The molecular weight excluding hydrogens is 298 g/mol. The Labute approximate surface area is 122 Å². The highest BCUT2D eigenvalue weighted by molar-refractivity contribution is 5.74. The summed E-state index contributed by atoms with van der Waals surface area (Å²) >= 11 is 0. The van der Waals surface area contributed by atoms with Crippen molar-refractivity contribution in [2.75, 3.05) is 12.3 Å². The van der Waals surface area contributed by atoms with Crippen LogP contribution in [0.5, 0.6) is 0 Å². The minimum Gasteiger partial charge on any atom is -0.394 e. The van der Waals surface area contributed by atoms with Crippen LogP contribution in [0.4, 0.5) is 5.95 Å². The highest BCUT2D eigenvalue weighted by atomic mass is 16.6. The molecule has 0 saturated carbocycles. The first-order chi connectivity index (χ1) is 10.4. The van der Waals surface area contributed by atoms with Gasteiger partial charge in [-0.15, -0.1) is 0 Å². The number of ether oxygens (including phenoxy) is 1. The standard InChI is InChI=1S/C11H13N5O6/c12-10-14-8-5(9(21)15-10)13-3-16(8)11(2-18)7(20)6(19)4(1-17)22-11/h2-4,6-7,17,19-20H,1H2,(H3,12,14,15,21)/t4-,6-,7-,11-/m1/s1. The van der Waals surface area contributed by atoms with Gasteiger partial charge in [0.25, 0.3) is 5.56 Å². The second kappa shape index (κ2) is 4.84. The van der Waals surface area contributed by atoms with Gasteiger partial charge in [0.2, 0.25) is 11.7 Å². The van der Waals surface area contributed by atoms with E-state index in [2.05, 4.69) is 15.0 Å². The largest absolute Gasteiger partial charge is 0.394 e. The quantitative estimate of drug-likeness (QED) is 0.363. The summed E-state index contributed by atoms with van der Waals surface area (Å²) in [6.45, 7) is -0.614. The molecule has 0 bridgehead atoms. The molecule has 0 amide bonds. The molecule has 0 aliphatic carbocycles. The lowest BCUT2D eigenvalue weighted by Gasteiger charge is -2.27. The molecule has 3 heterocycles. The van der Waals surface area contributed by atoms with E-state index in [-0.39, 0.29) is 23.4 Å². The van der Waals surface area contributed by atoms with E-state index in [9.17, 15) is 19.8 Å². The van der Waals surface area contributed by atoms with E-state index in [1.165, 1.54) is 0 Å². The fourth-order valence-corrected chi connectivity index (χ4v) is 2.51. The molecule has 4 atom stereocenters. The lowest BCUT2D eigenvalue weighted by Crippen LogP contribution is -2.47. The number of carbonyl (C=O) groups excluding carboxylic acids is 1. The number of H-pyrrole nitrogens is 1. The normalized spacial score (nSPS) is 31.7. The van der Waals surface area contributed by atoms with Crippen molar-refractivity contribution in [3.8, 4) is 0 Å². The maximum Gasteiger partial charge on any atom is 0.280 e. The van der Waals surface area contributed by atoms with Crippen LogP contribution in [0.15, 0.2) is 11.1 Å². The molecule has 1 aliphatic rings. The van der Waals surface area contributed by atoms with E-state index in [0.717, 1.165) is 10.9 Å². The Morgan fingerprint density at radius 2 is 2.27 bits per heavy atom. The van der Waals surface area contributed by atoms with Crippen LogP contribution < -0.4 is 11.3 Å². The molecule has 1 saturated heterocycles. The molecule has 2 aromatic rings. The van der Waals surface area contributed by atoms with Crippen molar-refractivity contribution in [1.29, 1.82) is 0 Å². The van der Waals surface area contributed by atoms with Gasteiger partial charge in [0.05, 0.1) is 6.61 Å². The summed E-state index contributed by atoms with van der Waals surface area (Å²) in [5.41, 5.74) is 2.54. The van der Waals surface area contributed by atoms with Gasteiger partial charge in [-0.25, -0.2) is 4.98 Å². The fraction of sp³-hybridized carbons (Fsp3) is 0.455. The SMILES string of the molecule is Nc1nc2c(ncn2[C@]2(C=O)O[C@H](CO)[C@@H](O)[C@H]2O)c(=O)[nH]1. The van der Waals surface area contributed by atoms with E-state index < -0.39 is 36.2 Å². The number of aliphatic hydroxyl groups excluding tert-OH is 3. The number of fused-ring (bicyclic) bond motifs is 1. The summed E-state index contributed by atoms with van der Waals surface area (Å²) in [6, 6.07) is 0. The topological polar surface area (TPSA) is 177 Å². The smallest absolute Gasteiger partial charge is 0.280 e. The van der Waals surface area contributed by atoms with Crippen molar-refractivity contribution >= 4 is 23.4 Å². The molecule has 0 aromatic carbocycles. The molecule has 11 heteroatoms. The van der Waals surface area contributed by atoms with Crippen LogP contribution in [0.25, 0.3) is 11.2 Å². The molecular formula is C11H13N5O6. The number of aromatic amines is 1. The number of nitrogens with zero attached hydrogens (tertiary/aromatic N) is 3. The van der Waals surface area contributed by atoms with Crippen molar-refractivity contribution in [2.45, 2.75) is 24.0 Å². The molecule has 0 spiro atoms. The molecule has 0 radical (unpaired) electrons. The fourth-order valence-electron chi connectivity index (χ4n) is 2.51. The van der Waals surface area contributed by atoms with Gasteiger partial charge < -0.3 is 25.8 Å². The summed E-state index contributed by atoms with van der Waals surface area (Å²) in [7, 11) is 0. The number of aliphatic hydroxyl groups is 3. The second-order valence-electron chi connectivity index (χ2n) is 4.88. The number of nitrogens with two attached hydrogens (primary N) is 1. The first-order valence-corrected chi connectivity index (χ1v) is 6.29. The summed E-state index contributed by atoms with van der Waals surface area (Å²) < 4.78 is 6.32. The maximum absolute atomic E-state index is 11.8. The minimum atomic E-state index is -2.07. The van der Waals surface area contributed by atoms with Gasteiger partial charge in [-0.2, -0.15) is 4.98 Å². The second-order valence-corrected chi connectivity index (χ2v) is 4.88. The zero-order valence-electron chi connectivity index (χ0n) is 11.1. The van der Waals surface area contributed by atoms with E-state index in [1.54, 1.807) is 0 Å². The number of hydrogen-bond acceptors (Lipinski definition) is 9. The molecule has 1 fully saturated rings. The predicted octanol–water partition coefficient (Wildman–Crippen LogP) is -3.33. The number of anilines is 1. The van der Waals surface area contributed by atoms with Crippen molar-refractivity contribution in [1.82, 2.24) is 19.5 Å². The van der Waals surface area contributed by atoms with Gasteiger partial charge in [-0.1, -0.05) is 0 Å². The number of rotatable bonds is 3. The zero-order valence-corrected chi connectivity index (χ0v) is 11.1. The average Bonchev–Trinajstić information content (AvgIpc) is 3.01. The molecule has 3 rings (SSSR count). The van der Waals surface area contributed by atoms with E-state index in [1.807, 2.05) is 0 Å². The molecule has 2 aromatic heterocycles. The van der Waals surface area contributed by atoms with Crippen molar-refractivity contribution in [3.05, 3.63) is 16.7 Å². The lowest BCUT2D eigenvalue weighted by molar-refractivity contribution is -0.160. The Morgan fingerprint density at radius 3 is 2.86 bits per heavy atom. The minimum absolute atomic E-state index is 0.0989. The summed E-state index contributed by atoms with van der Waals surface area (Å²) in [5.74, 6) is -0.216. The van der Waals surface area contributed by atoms with E-state index >= 15 is 0 Å². The van der Waals surface area contributed by atoms with Crippen molar-refractivity contribution in [2.24, 2.45) is 0 Å². The number of nitrogen functional groups attached to an aromatic ring is 1. The van der Waals surface area contributed by atoms with E-state index in [4.69, 9.17) is 15.6 Å². The van der Waals surface area contributed by atoms with Gasteiger partial charge in [0.1, 0.15) is 24.6 Å². The maximum atomic E-state index is 11.8. The molecule has 118 valence electrons. The third-order valence-electron chi connectivity index (χ3n) is 3.62. The number of aromatic nitrogens is 4. The van der Waals surface area contributed by atoms with Crippen LogP contribution in [0.3, 0.4) is 0 Å². The van der Waals surface area contributed by atoms with Gasteiger partial charge in [-0.3, -0.25) is 19.1 Å². The van der Waals surface area contributed by atoms with Crippen LogP contribution in [0.1, 0.15) is 0 Å². The number of hydrogen-bond donors (Lipinski definition) is 5. The summed E-state index contributed by atoms with van der Waals surface area (Å²) in [4.78, 5) is 33.3. The van der Waals surface area contributed by atoms with Crippen LogP contribution in [-0.4, -0.2) is 66.0 Å². The number of aldehydes is 1. The molecule has 11 nitrogen and oxygen atoms in total. The summed E-state index contributed by atoms with van der Waals surface area (Å²) in [6.07, 6.45) is -3.07. The monoisotopic (exact) mass is 311 g/mol. The zero-order chi connectivity index (χ0) is 16.1. The number of imidazole rings is 1. The van der Waals surface area contributed by atoms with Crippen LogP contribution in [0.2, 0.25) is 0 Å². The van der Waals surface area contributed by atoms with Crippen molar-refractivity contribution in [3.63, 3.8) is 0 Å². The van der Waals surface area contributed by atoms with Gasteiger partial charge in [0, 0.05) is 0 Å². The van der Waals surface area contributed by atoms with Crippen LogP contribution in [0, 0.1) is 0 Å². The molecule has 22 heavy (non-hydrogen) atoms. The van der Waals surface area contributed by atoms with Gasteiger partial charge in [0.15, 0.2) is 17.5 Å². The number of carbonyl (C=O) groups is 1. The van der Waals surface area contributed by atoms with Crippen LogP contribution in [-0.2, 0) is 15.3 Å². The van der Waals surface area contributed by atoms with Crippen molar-refractivity contribution < 1.29 is 24.9 Å². The highest BCUT2D eigenvalue weighted by Gasteiger charge is 2.56. The predicted molar refractivity (Wildman–Crippen MR) is 70.6 cm³/mol. The molecule has 6 N–H and O–H groups in total. The highest BCUT2D eigenvalue weighted by Crippen LogP contribution is 2.35. The van der Waals surface area contributed by atoms with E-state index in [0.29, 0.717) is 0 Å². The Hall–Kier alpha value is -2.34. The molecule has 1 aliphatic heterocycles. The van der Waals surface area contributed by atoms with Crippen LogP contribution >= 0.6 is 0 Å². The Morgan fingerprint density at radius 1 is 1.55 bits per heavy atom. The third-order valence-corrected chi connectivity index (χ3v) is 3.62. The Bertz CT molecular complexity index is 787. The average molecular weight is 311 g/mol. The molecule has 0 unspecified atom stereocenters. The Balaban J connectivity index is 2.25. The lowest BCUT2D eigenvalue weighted by atomic mass is 10.0. The summed E-state index contributed by atoms with van der Waals surface area (Å²) in [5, 5.41) is 29.2. The first-order valence-electron chi connectivity index (χ1n) is 6.29.